The molecule has 2 aromatic heterocycles. The quantitative estimate of drug-likeness (QED) is 0.701. The van der Waals surface area contributed by atoms with E-state index in [1.165, 1.54) is 28.0 Å². The maximum atomic E-state index is 12.6. The highest BCUT2D eigenvalue weighted by Gasteiger charge is 2.22. The highest BCUT2D eigenvalue weighted by molar-refractivity contribution is 7.12. The number of hydrogen-bond acceptors (Lipinski definition) is 4. The maximum Gasteiger partial charge on any atom is 0.263 e. The lowest BCUT2D eigenvalue weighted by Crippen LogP contribution is -2.34. The van der Waals surface area contributed by atoms with Gasteiger partial charge < -0.3 is 9.80 Å². The van der Waals surface area contributed by atoms with Crippen LogP contribution in [0.25, 0.3) is 10.9 Å². The van der Waals surface area contributed by atoms with Gasteiger partial charge in [-0.25, -0.2) is 0 Å². The Morgan fingerprint density at radius 3 is 2.84 bits per heavy atom. The van der Waals surface area contributed by atoms with Gasteiger partial charge in [0, 0.05) is 43.4 Å². The standard InChI is InChI=1S/C20H21N3OS/c1-15-5-2-6-16-17(8-9-21-19(15)16)22-10-4-11-23(13-12-22)20(24)18-7-3-14-25-18/h2-3,5-9,14H,4,10-13H2,1H3. The number of aromatic nitrogens is 1. The molecular formula is C20H21N3OS. The molecule has 1 aliphatic heterocycles. The summed E-state index contributed by atoms with van der Waals surface area (Å²) in [5, 5.41) is 3.16. The van der Waals surface area contributed by atoms with Crippen molar-refractivity contribution in [2.45, 2.75) is 13.3 Å². The van der Waals surface area contributed by atoms with E-state index in [1.54, 1.807) is 0 Å². The van der Waals surface area contributed by atoms with Crippen molar-refractivity contribution in [3.8, 4) is 0 Å². The lowest BCUT2D eigenvalue weighted by Gasteiger charge is -2.25. The fourth-order valence-electron chi connectivity index (χ4n) is 3.50. The Morgan fingerprint density at radius 1 is 1.08 bits per heavy atom. The minimum Gasteiger partial charge on any atom is -0.369 e. The third-order valence-electron chi connectivity index (χ3n) is 4.81. The van der Waals surface area contributed by atoms with Gasteiger partial charge >= 0.3 is 0 Å². The molecule has 0 radical (unpaired) electrons. The van der Waals surface area contributed by atoms with E-state index in [0.29, 0.717) is 0 Å². The topological polar surface area (TPSA) is 36.4 Å². The Balaban J connectivity index is 1.57. The summed E-state index contributed by atoms with van der Waals surface area (Å²) in [4.78, 5) is 22.4. The first-order valence-corrected chi connectivity index (χ1v) is 9.54. The van der Waals surface area contributed by atoms with Crippen LogP contribution in [-0.4, -0.2) is 42.0 Å². The summed E-state index contributed by atoms with van der Waals surface area (Å²) in [6.45, 7) is 5.48. The minimum absolute atomic E-state index is 0.160. The van der Waals surface area contributed by atoms with Crippen molar-refractivity contribution in [2.75, 3.05) is 31.1 Å². The Morgan fingerprint density at radius 2 is 2.00 bits per heavy atom. The molecule has 5 heteroatoms. The molecule has 4 rings (SSSR count). The van der Waals surface area contributed by atoms with Crippen LogP contribution in [0.3, 0.4) is 0 Å². The number of rotatable bonds is 2. The van der Waals surface area contributed by atoms with Gasteiger partial charge in [0.1, 0.15) is 0 Å². The Labute approximate surface area is 151 Å². The van der Waals surface area contributed by atoms with E-state index in [0.717, 1.165) is 43.0 Å². The highest BCUT2D eigenvalue weighted by atomic mass is 32.1. The Kier molecular flexibility index (Phi) is 4.40. The van der Waals surface area contributed by atoms with Crippen molar-refractivity contribution in [2.24, 2.45) is 0 Å². The second kappa shape index (κ2) is 6.84. The van der Waals surface area contributed by atoms with Crippen LogP contribution >= 0.6 is 11.3 Å². The van der Waals surface area contributed by atoms with E-state index >= 15 is 0 Å². The van der Waals surface area contributed by atoms with Gasteiger partial charge in [0.2, 0.25) is 0 Å². The fourth-order valence-corrected chi connectivity index (χ4v) is 4.19. The third kappa shape index (κ3) is 3.12. The molecule has 1 fully saturated rings. The smallest absolute Gasteiger partial charge is 0.263 e. The average molecular weight is 351 g/mol. The number of pyridine rings is 1. The van der Waals surface area contributed by atoms with Crippen LogP contribution in [-0.2, 0) is 0 Å². The highest BCUT2D eigenvalue weighted by Crippen LogP contribution is 2.28. The number of anilines is 1. The molecule has 0 N–H and O–H groups in total. The Hall–Kier alpha value is -2.40. The van der Waals surface area contributed by atoms with Crippen molar-refractivity contribution < 1.29 is 4.79 Å². The van der Waals surface area contributed by atoms with Gasteiger partial charge in [0.05, 0.1) is 10.4 Å². The summed E-state index contributed by atoms with van der Waals surface area (Å²) in [6, 6.07) is 12.3. The monoisotopic (exact) mass is 351 g/mol. The van der Waals surface area contributed by atoms with E-state index in [4.69, 9.17) is 0 Å². The molecule has 25 heavy (non-hydrogen) atoms. The predicted molar refractivity (Wildman–Crippen MR) is 104 cm³/mol. The van der Waals surface area contributed by atoms with Crippen molar-refractivity contribution in [3.05, 3.63) is 58.4 Å². The van der Waals surface area contributed by atoms with E-state index < -0.39 is 0 Å². The molecule has 0 aliphatic carbocycles. The van der Waals surface area contributed by atoms with Crippen LogP contribution in [0.2, 0.25) is 0 Å². The molecule has 1 aliphatic rings. The molecule has 1 amide bonds. The van der Waals surface area contributed by atoms with E-state index in [1.807, 2.05) is 28.6 Å². The normalized spacial score (nSPS) is 15.4. The van der Waals surface area contributed by atoms with Gasteiger partial charge in [-0.3, -0.25) is 9.78 Å². The second-order valence-electron chi connectivity index (χ2n) is 6.41. The lowest BCUT2D eigenvalue weighted by atomic mass is 10.1. The molecular weight excluding hydrogens is 330 g/mol. The van der Waals surface area contributed by atoms with Crippen LogP contribution < -0.4 is 4.90 Å². The number of carbonyl (C=O) groups excluding carboxylic acids is 1. The number of benzene rings is 1. The van der Waals surface area contributed by atoms with Gasteiger partial charge in [-0.15, -0.1) is 11.3 Å². The van der Waals surface area contributed by atoms with Gasteiger partial charge in [0.25, 0.3) is 5.91 Å². The van der Waals surface area contributed by atoms with Gasteiger partial charge in [-0.2, -0.15) is 0 Å². The van der Waals surface area contributed by atoms with Crippen LogP contribution in [0.5, 0.6) is 0 Å². The zero-order valence-electron chi connectivity index (χ0n) is 14.3. The van der Waals surface area contributed by atoms with Crippen LogP contribution in [0.15, 0.2) is 48.0 Å². The minimum atomic E-state index is 0.160. The van der Waals surface area contributed by atoms with E-state index in [9.17, 15) is 4.79 Å². The number of para-hydroxylation sites is 1. The number of thiophene rings is 1. The zero-order valence-corrected chi connectivity index (χ0v) is 15.1. The van der Waals surface area contributed by atoms with Gasteiger partial charge in [0.15, 0.2) is 0 Å². The molecule has 4 nitrogen and oxygen atoms in total. The molecule has 3 aromatic rings. The predicted octanol–water partition coefficient (Wildman–Crippen LogP) is 3.96. The van der Waals surface area contributed by atoms with Crippen LogP contribution in [0.1, 0.15) is 21.7 Å². The third-order valence-corrected chi connectivity index (χ3v) is 5.66. The molecule has 128 valence electrons. The summed E-state index contributed by atoms with van der Waals surface area (Å²) in [5.74, 6) is 0.160. The maximum absolute atomic E-state index is 12.6. The molecule has 3 heterocycles. The number of aryl methyl sites for hydroxylation is 1. The summed E-state index contributed by atoms with van der Waals surface area (Å²) in [5.41, 5.74) is 3.48. The molecule has 0 bridgehead atoms. The molecule has 0 spiro atoms. The number of nitrogens with zero attached hydrogens (tertiary/aromatic N) is 3. The van der Waals surface area contributed by atoms with Gasteiger partial charge in [-0.05, 0) is 36.4 Å². The average Bonchev–Trinajstić information content (AvgIpc) is 3.06. The molecule has 1 saturated heterocycles. The molecule has 0 saturated carbocycles. The molecule has 0 atom stereocenters. The number of fused-ring (bicyclic) bond motifs is 1. The fraction of sp³-hybridized carbons (Fsp3) is 0.300. The summed E-state index contributed by atoms with van der Waals surface area (Å²) in [7, 11) is 0. The molecule has 0 unspecified atom stereocenters. The largest absolute Gasteiger partial charge is 0.369 e. The van der Waals surface area contributed by atoms with Crippen molar-refractivity contribution in [3.63, 3.8) is 0 Å². The van der Waals surface area contributed by atoms with Crippen molar-refractivity contribution >= 4 is 33.8 Å². The lowest BCUT2D eigenvalue weighted by molar-refractivity contribution is 0.0772. The summed E-state index contributed by atoms with van der Waals surface area (Å²) in [6.07, 6.45) is 2.87. The second-order valence-corrected chi connectivity index (χ2v) is 7.36. The van der Waals surface area contributed by atoms with Crippen LogP contribution in [0, 0.1) is 6.92 Å². The van der Waals surface area contributed by atoms with Crippen LogP contribution in [0.4, 0.5) is 5.69 Å². The van der Waals surface area contributed by atoms with E-state index in [-0.39, 0.29) is 5.91 Å². The number of carbonyl (C=O) groups is 1. The van der Waals surface area contributed by atoms with E-state index in [2.05, 4.69) is 41.1 Å². The first-order valence-electron chi connectivity index (χ1n) is 8.66. The number of amides is 1. The van der Waals surface area contributed by atoms with Crippen molar-refractivity contribution in [1.29, 1.82) is 0 Å². The first kappa shape index (κ1) is 16.1. The van der Waals surface area contributed by atoms with Crippen molar-refractivity contribution in [1.82, 2.24) is 9.88 Å². The summed E-state index contributed by atoms with van der Waals surface area (Å²) < 4.78 is 0. The number of hydrogen-bond donors (Lipinski definition) is 0. The molecule has 1 aromatic carbocycles. The van der Waals surface area contributed by atoms with Gasteiger partial charge in [-0.1, -0.05) is 24.3 Å². The SMILES string of the molecule is Cc1cccc2c(N3CCCN(C(=O)c4cccs4)CC3)ccnc12. The summed E-state index contributed by atoms with van der Waals surface area (Å²) >= 11 is 1.52. The Bertz CT molecular complexity index is 891. The zero-order chi connectivity index (χ0) is 17.2. The first-order chi connectivity index (χ1) is 12.2.